The summed E-state index contributed by atoms with van der Waals surface area (Å²) in [7, 11) is 1.34. The van der Waals surface area contributed by atoms with E-state index in [-0.39, 0.29) is 18.1 Å². The molecule has 0 aliphatic rings. The molecular formula is C15H13N3O3S. The number of nitrogens with zero attached hydrogens (tertiary/aromatic N) is 3. The second kappa shape index (κ2) is 6.07. The van der Waals surface area contributed by atoms with Crippen molar-refractivity contribution in [2.75, 3.05) is 7.11 Å². The van der Waals surface area contributed by atoms with Crippen LogP contribution in [-0.2, 0) is 9.53 Å². The number of pyridine rings is 1. The smallest absolute Gasteiger partial charge is 0.306 e. The topological polar surface area (TPSA) is 85.2 Å². The Morgan fingerprint density at radius 1 is 1.36 bits per heavy atom. The minimum absolute atomic E-state index is 0.0814. The number of carbonyl (C=O) groups excluding carboxylic acids is 1. The number of hydrogen-bond donors (Lipinski definition) is 1. The van der Waals surface area contributed by atoms with E-state index in [1.165, 1.54) is 7.11 Å². The van der Waals surface area contributed by atoms with Crippen LogP contribution < -0.4 is 0 Å². The predicted molar refractivity (Wildman–Crippen MR) is 81.8 cm³/mol. The average molecular weight is 315 g/mol. The van der Waals surface area contributed by atoms with Crippen molar-refractivity contribution in [3.05, 3.63) is 47.8 Å². The molecule has 1 N–H and O–H groups in total. The Balaban J connectivity index is 2.17. The van der Waals surface area contributed by atoms with Gasteiger partial charge in [0.25, 0.3) is 0 Å². The van der Waals surface area contributed by atoms with Gasteiger partial charge in [0.15, 0.2) is 0 Å². The summed E-state index contributed by atoms with van der Waals surface area (Å²) in [6.45, 7) is 0. The number of rotatable bonds is 4. The lowest BCUT2D eigenvalue weighted by Crippen LogP contribution is -2.11. The number of carbonyl (C=O) groups is 1. The first-order chi connectivity index (χ1) is 10.7. The Morgan fingerprint density at radius 2 is 2.23 bits per heavy atom. The van der Waals surface area contributed by atoms with Crippen LogP contribution in [0.5, 0.6) is 5.75 Å². The van der Waals surface area contributed by atoms with Crippen molar-refractivity contribution in [2.24, 2.45) is 0 Å². The van der Waals surface area contributed by atoms with Gasteiger partial charge >= 0.3 is 5.97 Å². The van der Waals surface area contributed by atoms with E-state index in [0.29, 0.717) is 16.6 Å². The summed E-state index contributed by atoms with van der Waals surface area (Å²) in [5.74, 6) is -0.680. The van der Waals surface area contributed by atoms with Crippen molar-refractivity contribution in [2.45, 2.75) is 12.3 Å². The third kappa shape index (κ3) is 2.62. The Labute approximate surface area is 130 Å². The van der Waals surface area contributed by atoms with Gasteiger partial charge < -0.3 is 9.84 Å². The van der Waals surface area contributed by atoms with E-state index in [9.17, 15) is 9.90 Å². The highest BCUT2D eigenvalue weighted by Crippen LogP contribution is 2.38. The van der Waals surface area contributed by atoms with Gasteiger partial charge in [0.2, 0.25) is 0 Å². The van der Waals surface area contributed by atoms with Gasteiger partial charge in [0.1, 0.15) is 16.8 Å². The highest BCUT2D eigenvalue weighted by Gasteiger charge is 2.25. The number of aromatic hydroxyl groups is 1. The molecule has 0 unspecified atom stereocenters. The molecule has 7 heteroatoms. The first-order valence-electron chi connectivity index (χ1n) is 6.61. The maximum atomic E-state index is 11.8. The molecule has 22 heavy (non-hydrogen) atoms. The van der Waals surface area contributed by atoms with Gasteiger partial charge in [-0.2, -0.15) is 8.75 Å². The summed E-state index contributed by atoms with van der Waals surface area (Å²) in [6, 6.07) is 6.92. The molecule has 112 valence electrons. The van der Waals surface area contributed by atoms with Crippen LogP contribution >= 0.6 is 11.7 Å². The molecule has 0 aliphatic carbocycles. The highest BCUT2D eigenvalue weighted by molar-refractivity contribution is 7.00. The van der Waals surface area contributed by atoms with Crippen LogP contribution in [0.4, 0.5) is 0 Å². The van der Waals surface area contributed by atoms with Gasteiger partial charge in [-0.25, -0.2) is 0 Å². The molecular weight excluding hydrogens is 302 g/mol. The second-order valence-electron chi connectivity index (χ2n) is 4.75. The van der Waals surface area contributed by atoms with E-state index in [1.54, 1.807) is 30.6 Å². The average Bonchev–Trinajstić information content (AvgIpc) is 3.02. The Hall–Kier alpha value is -2.54. The first-order valence-corrected chi connectivity index (χ1v) is 7.34. The molecule has 3 rings (SSSR count). The number of hydrogen-bond acceptors (Lipinski definition) is 7. The van der Waals surface area contributed by atoms with Crippen molar-refractivity contribution in [3.8, 4) is 5.75 Å². The van der Waals surface area contributed by atoms with E-state index >= 15 is 0 Å². The molecule has 2 aromatic heterocycles. The summed E-state index contributed by atoms with van der Waals surface area (Å²) >= 11 is 1.07. The van der Waals surface area contributed by atoms with Gasteiger partial charge in [0, 0.05) is 23.9 Å². The van der Waals surface area contributed by atoms with Crippen molar-refractivity contribution in [1.82, 2.24) is 13.7 Å². The van der Waals surface area contributed by atoms with Gasteiger partial charge in [0.05, 0.1) is 25.3 Å². The third-order valence-electron chi connectivity index (χ3n) is 3.48. The molecule has 0 saturated carbocycles. The predicted octanol–water partition coefficient (Wildman–Crippen LogP) is 2.49. The Kier molecular flexibility index (Phi) is 3.97. The van der Waals surface area contributed by atoms with E-state index in [4.69, 9.17) is 4.74 Å². The van der Waals surface area contributed by atoms with Crippen LogP contribution in [0.15, 0.2) is 36.7 Å². The SMILES string of the molecule is COC(=O)C[C@H](c1cccnc1)c1c(O)ccc2nsnc12. The Bertz CT molecular complexity index is 804. The number of fused-ring (bicyclic) bond motifs is 1. The lowest BCUT2D eigenvalue weighted by molar-refractivity contribution is -0.140. The van der Waals surface area contributed by atoms with Gasteiger partial charge in [-0.05, 0) is 23.8 Å². The zero-order chi connectivity index (χ0) is 15.5. The monoisotopic (exact) mass is 315 g/mol. The molecule has 1 aromatic carbocycles. The van der Waals surface area contributed by atoms with Crippen LogP contribution in [0.3, 0.4) is 0 Å². The fraction of sp³-hybridized carbons (Fsp3) is 0.200. The van der Waals surface area contributed by atoms with E-state index < -0.39 is 5.92 Å². The van der Waals surface area contributed by atoms with Crippen LogP contribution in [0, 0.1) is 0 Å². The zero-order valence-corrected chi connectivity index (χ0v) is 12.6. The number of methoxy groups -OCH3 is 1. The van der Waals surface area contributed by atoms with E-state index in [0.717, 1.165) is 17.3 Å². The molecule has 1 atom stereocenters. The molecule has 0 radical (unpaired) electrons. The molecule has 3 aromatic rings. The fourth-order valence-corrected chi connectivity index (χ4v) is 2.97. The van der Waals surface area contributed by atoms with Crippen molar-refractivity contribution in [1.29, 1.82) is 0 Å². The molecule has 0 saturated heterocycles. The van der Waals surface area contributed by atoms with Crippen LogP contribution in [0.25, 0.3) is 11.0 Å². The fourth-order valence-electron chi connectivity index (χ4n) is 2.42. The van der Waals surface area contributed by atoms with Gasteiger partial charge in [-0.1, -0.05) is 6.07 Å². The number of phenolic OH excluding ortho intramolecular Hbond substituents is 1. The van der Waals surface area contributed by atoms with Crippen molar-refractivity contribution < 1.29 is 14.6 Å². The van der Waals surface area contributed by atoms with Crippen LogP contribution in [0.2, 0.25) is 0 Å². The van der Waals surface area contributed by atoms with Crippen molar-refractivity contribution >= 4 is 28.7 Å². The first kappa shape index (κ1) is 14.4. The van der Waals surface area contributed by atoms with Gasteiger partial charge in [-0.15, -0.1) is 0 Å². The molecule has 6 nitrogen and oxygen atoms in total. The van der Waals surface area contributed by atoms with Crippen LogP contribution in [-0.4, -0.2) is 31.9 Å². The molecule has 0 aliphatic heterocycles. The summed E-state index contributed by atoms with van der Waals surface area (Å²) in [4.78, 5) is 15.9. The summed E-state index contributed by atoms with van der Waals surface area (Å²) < 4.78 is 13.2. The maximum absolute atomic E-state index is 11.8. The molecule has 0 fully saturated rings. The number of ether oxygens (including phenoxy) is 1. The third-order valence-corrected chi connectivity index (χ3v) is 4.02. The maximum Gasteiger partial charge on any atom is 0.306 e. The van der Waals surface area contributed by atoms with E-state index in [1.807, 2.05) is 6.07 Å². The standard InChI is InChI=1S/C15H13N3O3S/c1-21-13(20)7-10(9-3-2-6-16-8-9)14-12(19)5-4-11-15(14)18-22-17-11/h2-6,8,10,19H,7H2,1H3/t10-/m1/s1. The van der Waals surface area contributed by atoms with Gasteiger partial charge in [-0.3, -0.25) is 9.78 Å². The summed E-state index contributed by atoms with van der Waals surface area (Å²) in [6.07, 6.45) is 3.42. The number of esters is 1. The Morgan fingerprint density at radius 3 is 2.95 bits per heavy atom. The number of benzene rings is 1. The summed E-state index contributed by atoms with van der Waals surface area (Å²) in [5.41, 5.74) is 2.67. The van der Waals surface area contributed by atoms with E-state index in [2.05, 4.69) is 13.7 Å². The highest BCUT2D eigenvalue weighted by atomic mass is 32.1. The largest absolute Gasteiger partial charge is 0.508 e. The quantitative estimate of drug-likeness (QED) is 0.745. The summed E-state index contributed by atoms with van der Waals surface area (Å²) in [5, 5.41) is 10.3. The lowest BCUT2D eigenvalue weighted by atomic mass is 9.88. The molecule has 0 spiro atoms. The molecule has 0 amide bonds. The normalized spacial score (nSPS) is 12.2. The zero-order valence-electron chi connectivity index (χ0n) is 11.8. The van der Waals surface area contributed by atoms with Crippen molar-refractivity contribution in [3.63, 3.8) is 0 Å². The minimum atomic E-state index is -0.395. The minimum Gasteiger partial charge on any atom is -0.508 e. The molecule has 2 heterocycles. The number of phenols is 1. The van der Waals surface area contributed by atoms with Crippen LogP contribution in [0.1, 0.15) is 23.5 Å². The lowest BCUT2D eigenvalue weighted by Gasteiger charge is -2.18. The number of aromatic nitrogens is 3. The molecule has 0 bridgehead atoms. The second-order valence-corrected chi connectivity index (χ2v) is 5.28.